The van der Waals surface area contributed by atoms with E-state index in [0.717, 1.165) is 4.47 Å². The van der Waals surface area contributed by atoms with Crippen LogP contribution in [0, 0.1) is 6.92 Å². The molecule has 0 bridgehead atoms. The average molecular weight is 395 g/mol. The fourth-order valence-electron chi connectivity index (χ4n) is 1.82. The van der Waals surface area contributed by atoms with Gasteiger partial charge in [0, 0.05) is 22.5 Å². The average Bonchev–Trinajstić information content (AvgIpc) is 2.96. The number of hydrogen-bond acceptors (Lipinski definition) is 6. The van der Waals surface area contributed by atoms with Crippen LogP contribution in [0.15, 0.2) is 39.3 Å². The van der Waals surface area contributed by atoms with Gasteiger partial charge in [-0.1, -0.05) is 33.2 Å². The maximum Gasteiger partial charge on any atom is 0.306 e. The van der Waals surface area contributed by atoms with Crippen molar-refractivity contribution in [2.45, 2.75) is 19.8 Å². The van der Waals surface area contributed by atoms with Gasteiger partial charge in [-0.05, 0) is 19.1 Å². The summed E-state index contributed by atoms with van der Waals surface area (Å²) in [7, 11) is 0. The summed E-state index contributed by atoms with van der Waals surface area (Å²) in [5.74, 6) is -0.516. The highest BCUT2D eigenvalue weighted by Crippen LogP contribution is 2.13. The van der Waals surface area contributed by atoms with Crippen LogP contribution in [0.2, 0.25) is 0 Å². The normalized spacial score (nSPS) is 10.2. The minimum atomic E-state index is -0.619. The van der Waals surface area contributed by atoms with Gasteiger partial charge in [0.2, 0.25) is 0 Å². The molecule has 2 rings (SSSR count). The summed E-state index contributed by atoms with van der Waals surface area (Å²) in [5.41, 5.74) is 0.519. The molecule has 0 atom stereocenters. The Morgan fingerprint density at radius 1 is 1.21 bits per heavy atom. The monoisotopic (exact) mass is 394 g/mol. The van der Waals surface area contributed by atoms with E-state index in [1.807, 2.05) is 0 Å². The van der Waals surface area contributed by atoms with E-state index in [9.17, 15) is 14.4 Å². The standard InChI is InChI=1S/C16H15BrN2O5/c1-10-8-14(19-24-10)18-15(21)9-23-16(22)7-6-13(20)11-2-4-12(17)5-3-11/h2-5,8H,6-7,9H2,1H3,(H,18,19,21). The highest BCUT2D eigenvalue weighted by Gasteiger charge is 2.13. The maximum atomic E-state index is 11.9. The van der Waals surface area contributed by atoms with Gasteiger partial charge in [-0.15, -0.1) is 0 Å². The second-order valence-corrected chi connectivity index (χ2v) is 5.88. The topological polar surface area (TPSA) is 98.5 Å². The van der Waals surface area contributed by atoms with Crippen LogP contribution in [-0.2, 0) is 14.3 Å². The Morgan fingerprint density at radius 3 is 2.54 bits per heavy atom. The molecule has 0 saturated heterocycles. The first kappa shape index (κ1) is 17.9. The molecule has 7 nitrogen and oxygen atoms in total. The van der Waals surface area contributed by atoms with Crippen LogP contribution in [0.1, 0.15) is 29.0 Å². The third kappa shape index (κ3) is 5.62. The minimum absolute atomic E-state index is 0.0184. The molecule has 0 aliphatic carbocycles. The van der Waals surface area contributed by atoms with Crippen molar-refractivity contribution >= 4 is 39.4 Å². The quantitative estimate of drug-likeness (QED) is 0.572. The summed E-state index contributed by atoms with van der Waals surface area (Å²) in [5, 5.41) is 6.01. The van der Waals surface area contributed by atoms with Gasteiger partial charge in [-0.25, -0.2) is 0 Å². The molecule has 1 N–H and O–H groups in total. The number of ether oxygens (including phenoxy) is 1. The molecule has 24 heavy (non-hydrogen) atoms. The largest absolute Gasteiger partial charge is 0.456 e. The predicted molar refractivity (Wildman–Crippen MR) is 88.5 cm³/mol. The number of esters is 1. The molecular weight excluding hydrogens is 380 g/mol. The van der Waals surface area contributed by atoms with E-state index in [-0.39, 0.29) is 24.4 Å². The summed E-state index contributed by atoms with van der Waals surface area (Å²) < 4.78 is 10.5. The fourth-order valence-corrected chi connectivity index (χ4v) is 2.08. The number of ketones is 1. The first-order valence-corrected chi connectivity index (χ1v) is 7.91. The van der Waals surface area contributed by atoms with Crippen molar-refractivity contribution in [3.8, 4) is 0 Å². The number of amides is 1. The summed E-state index contributed by atoms with van der Waals surface area (Å²) in [6, 6.07) is 8.38. The zero-order valence-electron chi connectivity index (χ0n) is 12.9. The van der Waals surface area contributed by atoms with Crippen LogP contribution < -0.4 is 5.32 Å². The molecule has 1 amide bonds. The third-order valence-corrected chi connectivity index (χ3v) is 3.51. The molecule has 0 spiro atoms. The van der Waals surface area contributed by atoms with Crippen molar-refractivity contribution in [1.29, 1.82) is 0 Å². The number of nitrogens with one attached hydrogen (secondary N) is 1. The van der Waals surface area contributed by atoms with Crippen molar-refractivity contribution in [2.75, 3.05) is 11.9 Å². The van der Waals surface area contributed by atoms with Crippen LogP contribution in [0.5, 0.6) is 0 Å². The number of aromatic nitrogens is 1. The molecule has 8 heteroatoms. The number of rotatable bonds is 7. The lowest BCUT2D eigenvalue weighted by molar-refractivity contribution is -0.147. The zero-order valence-corrected chi connectivity index (χ0v) is 14.5. The van der Waals surface area contributed by atoms with Crippen LogP contribution in [0.25, 0.3) is 0 Å². The fraction of sp³-hybridized carbons (Fsp3) is 0.250. The number of nitrogens with zero attached hydrogens (tertiary/aromatic N) is 1. The van der Waals surface area contributed by atoms with Crippen LogP contribution in [0.3, 0.4) is 0 Å². The van der Waals surface area contributed by atoms with Crippen molar-refractivity contribution < 1.29 is 23.6 Å². The van der Waals surface area contributed by atoms with E-state index in [2.05, 4.69) is 26.4 Å². The van der Waals surface area contributed by atoms with Crippen molar-refractivity contribution in [3.05, 3.63) is 46.1 Å². The molecule has 126 valence electrons. The number of hydrogen-bond donors (Lipinski definition) is 1. The summed E-state index contributed by atoms with van der Waals surface area (Å²) in [4.78, 5) is 35.1. The SMILES string of the molecule is Cc1cc(NC(=O)COC(=O)CCC(=O)c2ccc(Br)cc2)no1. The second kappa shape index (κ2) is 8.39. The number of benzene rings is 1. The molecule has 0 aliphatic heterocycles. The number of Topliss-reactive ketones (excluding diaryl/α,β-unsaturated/α-hetero) is 1. The van der Waals surface area contributed by atoms with Crippen molar-refractivity contribution in [2.24, 2.45) is 0 Å². The molecule has 0 aliphatic rings. The van der Waals surface area contributed by atoms with E-state index in [0.29, 0.717) is 11.3 Å². The van der Waals surface area contributed by atoms with Gasteiger partial charge in [0.05, 0.1) is 6.42 Å². The van der Waals surface area contributed by atoms with E-state index in [1.54, 1.807) is 31.2 Å². The molecule has 0 saturated carbocycles. The van der Waals surface area contributed by atoms with Gasteiger partial charge >= 0.3 is 5.97 Å². The molecular formula is C16H15BrN2O5. The number of carbonyl (C=O) groups excluding carboxylic acids is 3. The van der Waals surface area contributed by atoms with Crippen LogP contribution >= 0.6 is 15.9 Å². The lowest BCUT2D eigenvalue weighted by Gasteiger charge is -2.04. The van der Waals surface area contributed by atoms with Crippen molar-refractivity contribution in [3.63, 3.8) is 0 Å². The number of anilines is 1. The predicted octanol–water partition coefficient (Wildman–Crippen LogP) is 2.89. The Kier molecular flexibility index (Phi) is 6.25. The maximum absolute atomic E-state index is 11.9. The van der Waals surface area contributed by atoms with Gasteiger partial charge in [0.15, 0.2) is 18.2 Å². The Hall–Kier alpha value is -2.48. The number of aryl methyl sites for hydroxylation is 1. The Balaban J connectivity index is 1.70. The summed E-state index contributed by atoms with van der Waals surface area (Å²) in [6.07, 6.45) is -0.0736. The highest BCUT2D eigenvalue weighted by atomic mass is 79.9. The molecule has 2 aromatic rings. The van der Waals surface area contributed by atoms with Crippen LogP contribution in [0.4, 0.5) is 5.82 Å². The van der Waals surface area contributed by atoms with E-state index < -0.39 is 18.5 Å². The third-order valence-electron chi connectivity index (χ3n) is 2.98. The smallest absolute Gasteiger partial charge is 0.306 e. The molecule has 1 aromatic carbocycles. The van der Waals surface area contributed by atoms with Crippen LogP contribution in [-0.4, -0.2) is 29.4 Å². The Morgan fingerprint density at radius 2 is 1.92 bits per heavy atom. The van der Waals surface area contributed by atoms with E-state index in [4.69, 9.17) is 9.26 Å². The first-order chi connectivity index (χ1) is 11.4. The highest BCUT2D eigenvalue weighted by molar-refractivity contribution is 9.10. The van der Waals surface area contributed by atoms with Gasteiger partial charge < -0.3 is 14.6 Å². The van der Waals surface area contributed by atoms with Gasteiger partial charge in [0.1, 0.15) is 5.76 Å². The van der Waals surface area contributed by atoms with E-state index in [1.165, 1.54) is 6.07 Å². The summed E-state index contributed by atoms with van der Waals surface area (Å²) in [6.45, 7) is 1.24. The Bertz CT molecular complexity index is 739. The number of halogens is 1. The van der Waals surface area contributed by atoms with E-state index >= 15 is 0 Å². The van der Waals surface area contributed by atoms with Gasteiger partial charge in [0.25, 0.3) is 5.91 Å². The minimum Gasteiger partial charge on any atom is -0.456 e. The molecule has 1 heterocycles. The number of carbonyl (C=O) groups is 3. The molecule has 0 fully saturated rings. The lowest BCUT2D eigenvalue weighted by atomic mass is 10.1. The molecule has 1 aromatic heterocycles. The van der Waals surface area contributed by atoms with Gasteiger partial charge in [-0.3, -0.25) is 14.4 Å². The first-order valence-electron chi connectivity index (χ1n) is 7.11. The molecule has 0 radical (unpaired) electrons. The Labute approximate surface area is 146 Å². The van der Waals surface area contributed by atoms with Crippen molar-refractivity contribution in [1.82, 2.24) is 5.16 Å². The second-order valence-electron chi connectivity index (χ2n) is 4.96. The summed E-state index contributed by atoms with van der Waals surface area (Å²) >= 11 is 3.28. The molecule has 0 unspecified atom stereocenters. The lowest BCUT2D eigenvalue weighted by Crippen LogP contribution is -2.21. The zero-order chi connectivity index (χ0) is 17.5. The van der Waals surface area contributed by atoms with Gasteiger partial charge in [-0.2, -0.15) is 0 Å².